The van der Waals surface area contributed by atoms with Crippen LogP contribution in [-0.4, -0.2) is 51.0 Å². The van der Waals surface area contributed by atoms with Crippen LogP contribution in [0.4, 0.5) is 0 Å². The Kier molecular flexibility index (Phi) is 7.15. The standard InChI is InChI=1S/C30H37N5O2/c1-20-7-12-25(21(2)17-20)22(3)31-29(36)24-10-8-23(9-11-24)18-34-16-13-27-26(19-34)28(32-33(27)4)30(37)35-14-5-6-15-35/h7-12,17,22H,5-6,13-16,18-19H2,1-4H3,(H,31,36)/t22-/m0/s1. The van der Waals surface area contributed by atoms with Crippen LogP contribution in [0.3, 0.4) is 0 Å². The Hall–Kier alpha value is -3.45. The highest BCUT2D eigenvalue weighted by Gasteiger charge is 2.30. The van der Waals surface area contributed by atoms with Gasteiger partial charge in [0, 0.05) is 63.0 Å². The molecule has 2 aliphatic heterocycles. The van der Waals surface area contributed by atoms with Crippen LogP contribution in [0.15, 0.2) is 42.5 Å². The molecular formula is C30H37N5O2. The SMILES string of the molecule is Cc1ccc([C@H](C)NC(=O)c2ccc(CN3CCc4c(c(C(=O)N5CCCC5)nn4C)C3)cc2)c(C)c1. The molecule has 1 fully saturated rings. The quantitative estimate of drug-likeness (QED) is 0.548. The molecule has 5 rings (SSSR count). The zero-order valence-corrected chi connectivity index (χ0v) is 22.4. The van der Waals surface area contributed by atoms with Crippen molar-refractivity contribution in [2.75, 3.05) is 19.6 Å². The summed E-state index contributed by atoms with van der Waals surface area (Å²) < 4.78 is 1.89. The average Bonchev–Trinajstić information content (AvgIpc) is 3.52. The molecule has 0 saturated carbocycles. The molecule has 7 nitrogen and oxygen atoms in total. The van der Waals surface area contributed by atoms with Crippen molar-refractivity contribution in [2.45, 2.75) is 59.2 Å². The van der Waals surface area contributed by atoms with Crippen molar-refractivity contribution < 1.29 is 9.59 Å². The van der Waals surface area contributed by atoms with Crippen LogP contribution in [-0.2, 0) is 26.6 Å². The molecule has 7 heteroatoms. The Labute approximate surface area is 219 Å². The molecule has 2 amide bonds. The van der Waals surface area contributed by atoms with E-state index in [1.54, 1.807) is 0 Å². The number of hydrogen-bond donors (Lipinski definition) is 1. The summed E-state index contributed by atoms with van der Waals surface area (Å²) >= 11 is 0. The predicted molar refractivity (Wildman–Crippen MR) is 144 cm³/mol. The number of fused-ring (bicyclic) bond motifs is 1. The summed E-state index contributed by atoms with van der Waals surface area (Å²) in [5.41, 5.74) is 8.22. The number of benzene rings is 2. The molecule has 0 spiro atoms. The van der Waals surface area contributed by atoms with Gasteiger partial charge in [0.2, 0.25) is 0 Å². The van der Waals surface area contributed by atoms with Crippen LogP contribution in [0.2, 0.25) is 0 Å². The summed E-state index contributed by atoms with van der Waals surface area (Å²) in [7, 11) is 1.94. The Morgan fingerprint density at radius 2 is 1.76 bits per heavy atom. The van der Waals surface area contributed by atoms with Gasteiger partial charge in [-0.25, -0.2) is 0 Å². The van der Waals surface area contributed by atoms with Gasteiger partial charge < -0.3 is 10.2 Å². The van der Waals surface area contributed by atoms with Gasteiger partial charge in [0.1, 0.15) is 0 Å². The lowest BCUT2D eigenvalue weighted by atomic mass is 10.00. The Morgan fingerprint density at radius 1 is 1.03 bits per heavy atom. The minimum Gasteiger partial charge on any atom is -0.346 e. The van der Waals surface area contributed by atoms with Crippen LogP contribution < -0.4 is 5.32 Å². The number of likely N-dealkylation sites (tertiary alicyclic amines) is 1. The molecular weight excluding hydrogens is 462 g/mol. The highest BCUT2D eigenvalue weighted by Crippen LogP contribution is 2.26. The van der Waals surface area contributed by atoms with E-state index in [4.69, 9.17) is 0 Å². The first kappa shape index (κ1) is 25.2. The van der Waals surface area contributed by atoms with Crippen molar-refractivity contribution in [1.82, 2.24) is 24.9 Å². The van der Waals surface area contributed by atoms with Gasteiger partial charge in [-0.2, -0.15) is 5.10 Å². The van der Waals surface area contributed by atoms with Crippen LogP contribution in [0.1, 0.15) is 80.2 Å². The Morgan fingerprint density at radius 3 is 2.46 bits per heavy atom. The van der Waals surface area contributed by atoms with Crippen molar-refractivity contribution >= 4 is 11.8 Å². The molecule has 1 N–H and O–H groups in total. The number of amides is 2. The summed E-state index contributed by atoms with van der Waals surface area (Å²) in [6.07, 6.45) is 3.03. The van der Waals surface area contributed by atoms with E-state index >= 15 is 0 Å². The van der Waals surface area contributed by atoms with Gasteiger partial charge in [-0.05, 0) is 62.4 Å². The van der Waals surface area contributed by atoms with Gasteiger partial charge in [0.05, 0.1) is 6.04 Å². The molecule has 3 heterocycles. The maximum Gasteiger partial charge on any atom is 0.274 e. The lowest BCUT2D eigenvalue weighted by molar-refractivity contribution is 0.0783. The number of hydrogen-bond acceptors (Lipinski definition) is 4. The monoisotopic (exact) mass is 499 g/mol. The van der Waals surface area contributed by atoms with E-state index in [-0.39, 0.29) is 17.9 Å². The zero-order chi connectivity index (χ0) is 26.1. The Bertz CT molecular complexity index is 1300. The summed E-state index contributed by atoms with van der Waals surface area (Å²) in [6.45, 7) is 10.2. The van der Waals surface area contributed by atoms with E-state index < -0.39 is 0 Å². The van der Waals surface area contributed by atoms with E-state index in [0.717, 1.165) is 62.1 Å². The smallest absolute Gasteiger partial charge is 0.274 e. The molecule has 0 bridgehead atoms. The summed E-state index contributed by atoms with van der Waals surface area (Å²) in [6, 6.07) is 14.1. The predicted octanol–water partition coefficient (Wildman–Crippen LogP) is 4.32. The second-order valence-corrected chi connectivity index (χ2v) is 10.6. The fourth-order valence-corrected chi connectivity index (χ4v) is 5.71. The molecule has 194 valence electrons. The molecule has 1 saturated heterocycles. The molecule has 2 aliphatic rings. The third kappa shape index (κ3) is 5.32. The van der Waals surface area contributed by atoms with Gasteiger partial charge in [-0.3, -0.25) is 19.2 Å². The number of carbonyl (C=O) groups is 2. The van der Waals surface area contributed by atoms with Crippen molar-refractivity contribution in [3.05, 3.63) is 87.2 Å². The van der Waals surface area contributed by atoms with Crippen LogP contribution in [0.5, 0.6) is 0 Å². The van der Waals surface area contributed by atoms with E-state index in [1.165, 1.54) is 16.8 Å². The third-order valence-electron chi connectivity index (χ3n) is 7.78. The van der Waals surface area contributed by atoms with Gasteiger partial charge >= 0.3 is 0 Å². The van der Waals surface area contributed by atoms with Crippen LogP contribution in [0.25, 0.3) is 0 Å². The van der Waals surface area contributed by atoms with Crippen LogP contribution in [0, 0.1) is 13.8 Å². The third-order valence-corrected chi connectivity index (χ3v) is 7.78. The normalized spacial score (nSPS) is 16.5. The zero-order valence-electron chi connectivity index (χ0n) is 22.4. The van der Waals surface area contributed by atoms with E-state index in [0.29, 0.717) is 17.8 Å². The van der Waals surface area contributed by atoms with Crippen molar-refractivity contribution in [3.63, 3.8) is 0 Å². The topological polar surface area (TPSA) is 70.5 Å². The highest BCUT2D eigenvalue weighted by molar-refractivity contribution is 5.95. The lowest BCUT2D eigenvalue weighted by Gasteiger charge is -2.28. The van der Waals surface area contributed by atoms with Gasteiger partial charge in [0.15, 0.2) is 5.69 Å². The molecule has 0 radical (unpaired) electrons. The number of nitrogens with zero attached hydrogens (tertiary/aromatic N) is 4. The molecule has 2 aromatic carbocycles. The number of aromatic nitrogens is 2. The molecule has 0 unspecified atom stereocenters. The van der Waals surface area contributed by atoms with E-state index in [1.807, 2.05) is 47.8 Å². The molecule has 3 aromatic rings. The van der Waals surface area contributed by atoms with Crippen molar-refractivity contribution in [3.8, 4) is 0 Å². The summed E-state index contributed by atoms with van der Waals surface area (Å²) in [5.74, 6) is 0.00342. The molecule has 37 heavy (non-hydrogen) atoms. The fourth-order valence-electron chi connectivity index (χ4n) is 5.71. The number of rotatable bonds is 6. The average molecular weight is 500 g/mol. The minimum atomic E-state index is -0.0675. The van der Waals surface area contributed by atoms with Gasteiger partial charge in [-0.15, -0.1) is 0 Å². The first-order valence-electron chi connectivity index (χ1n) is 13.3. The molecule has 1 aromatic heterocycles. The maximum absolute atomic E-state index is 13.1. The minimum absolute atomic E-state index is 0.0627. The van der Waals surface area contributed by atoms with Gasteiger partial charge in [-0.1, -0.05) is 35.9 Å². The van der Waals surface area contributed by atoms with Crippen molar-refractivity contribution in [2.24, 2.45) is 7.05 Å². The Balaban J connectivity index is 1.22. The number of nitrogens with one attached hydrogen (secondary N) is 1. The summed E-state index contributed by atoms with van der Waals surface area (Å²) in [5, 5.41) is 7.75. The fraction of sp³-hybridized carbons (Fsp3) is 0.433. The molecule has 0 aliphatic carbocycles. The second kappa shape index (κ2) is 10.5. The second-order valence-electron chi connectivity index (χ2n) is 10.6. The first-order chi connectivity index (χ1) is 17.8. The number of carbonyl (C=O) groups excluding carboxylic acids is 2. The maximum atomic E-state index is 13.1. The van der Waals surface area contributed by atoms with Crippen molar-refractivity contribution in [1.29, 1.82) is 0 Å². The van der Waals surface area contributed by atoms with E-state index in [2.05, 4.69) is 47.4 Å². The summed E-state index contributed by atoms with van der Waals surface area (Å²) in [4.78, 5) is 30.3. The van der Waals surface area contributed by atoms with E-state index in [9.17, 15) is 9.59 Å². The lowest BCUT2D eigenvalue weighted by Crippen LogP contribution is -2.33. The largest absolute Gasteiger partial charge is 0.346 e. The van der Waals surface area contributed by atoms with Crippen LogP contribution >= 0.6 is 0 Å². The number of aryl methyl sites for hydroxylation is 3. The molecule has 1 atom stereocenters. The first-order valence-corrected chi connectivity index (χ1v) is 13.3. The van der Waals surface area contributed by atoms with Gasteiger partial charge in [0.25, 0.3) is 11.8 Å². The highest BCUT2D eigenvalue weighted by atomic mass is 16.2.